The molecule has 0 saturated heterocycles. The average Bonchev–Trinajstić information content (AvgIpc) is 2.31. The molecule has 4 N–H and O–H groups in total. The normalized spacial score (nSPS) is 15.1. The fourth-order valence-corrected chi connectivity index (χ4v) is 2.38. The van der Waals surface area contributed by atoms with Gasteiger partial charge in [-0.2, -0.15) is 0 Å². The molecule has 1 aliphatic rings. The number of nitrogens with two attached hydrogens (primary N) is 1. The van der Waals surface area contributed by atoms with E-state index in [1.807, 2.05) is 19.1 Å². The molecule has 0 unspecified atom stereocenters. The maximum Gasteiger partial charge on any atom is 0.129 e. The Morgan fingerprint density at radius 1 is 1.53 bits per heavy atom. The number of aliphatic hydroxyl groups is 1. The van der Waals surface area contributed by atoms with Gasteiger partial charge in [0.2, 0.25) is 0 Å². The molecular weight excluding hydrogens is 240 g/mol. The van der Waals surface area contributed by atoms with E-state index < -0.39 is 0 Å². The van der Waals surface area contributed by atoms with Crippen molar-refractivity contribution in [3.05, 3.63) is 23.4 Å². The smallest absolute Gasteiger partial charge is 0.129 e. The molecule has 0 radical (unpaired) electrons. The maximum absolute atomic E-state index is 9.03. The van der Waals surface area contributed by atoms with Crippen LogP contribution in [0.1, 0.15) is 36.9 Å². The first-order valence-electron chi connectivity index (χ1n) is 6.82. The zero-order valence-corrected chi connectivity index (χ0v) is 11.4. The van der Waals surface area contributed by atoms with Crippen molar-refractivity contribution < 1.29 is 5.11 Å². The lowest BCUT2D eigenvalue weighted by Gasteiger charge is -2.38. The summed E-state index contributed by atoms with van der Waals surface area (Å²) in [6, 6.07) is 4.22. The highest BCUT2D eigenvalue weighted by Crippen LogP contribution is 2.29. The van der Waals surface area contributed by atoms with Gasteiger partial charge in [-0.15, -0.1) is 0 Å². The van der Waals surface area contributed by atoms with Crippen LogP contribution >= 0.6 is 0 Å². The van der Waals surface area contributed by atoms with Crippen molar-refractivity contribution in [1.82, 2.24) is 4.98 Å². The summed E-state index contributed by atoms with van der Waals surface area (Å²) in [5.74, 6) is 0.950. The third-order valence-electron chi connectivity index (χ3n) is 3.62. The van der Waals surface area contributed by atoms with Crippen molar-refractivity contribution >= 4 is 11.7 Å². The standard InChI is InChI=1S/C14H22N4O/c1-10-8-11(14(15)16)9-13(17-10)18(6-3-7-19)12-4-2-5-12/h8-9,12,19H,2-7H2,1H3,(H3,15,16). The Kier molecular flexibility index (Phi) is 4.37. The number of hydrogen-bond acceptors (Lipinski definition) is 4. The number of aliphatic hydroxyl groups excluding tert-OH is 1. The quantitative estimate of drug-likeness (QED) is 0.534. The number of rotatable bonds is 6. The third kappa shape index (κ3) is 3.23. The summed E-state index contributed by atoms with van der Waals surface area (Å²) in [6.45, 7) is 2.91. The predicted octanol–water partition coefficient (Wildman–Crippen LogP) is 1.42. The Morgan fingerprint density at radius 3 is 2.79 bits per heavy atom. The highest BCUT2D eigenvalue weighted by atomic mass is 16.3. The van der Waals surface area contributed by atoms with E-state index in [9.17, 15) is 0 Å². The molecule has 5 heteroatoms. The zero-order valence-electron chi connectivity index (χ0n) is 11.4. The number of aryl methyl sites for hydroxylation is 1. The van der Waals surface area contributed by atoms with Gasteiger partial charge in [-0.1, -0.05) is 0 Å². The summed E-state index contributed by atoms with van der Waals surface area (Å²) in [7, 11) is 0. The minimum absolute atomic E-state index is 0.0717. The molecule has 1 aromatic heterocycles. The van der Waals surface area contributed by atoms with E-state index in [0.717, 1.165) is 30.0 Å². The van der Waals surface area contributed by atoms with Crippen LogP contribution in [-0.4, -0.2) is 35.1 Å². The van der Waals surface area contributed by atoms with E-state index in [1.54, 1.807) is 0 Å². The number of nitrogens with one attached hydrogen (secondary N) is 1. The summed E-state index contributed by atoms with van der Waals surface area (Å²) >= 11 is 0. The first-order chi connectivity index (χ1) is 9.11. The van der Waals surface area contributed by atoms with Gasteiger partial charge in [-0.25, -0.2) is 4.98 Å². The van der Waals surface area contributed by atoms with Crippen molar-refractivity contribution in [3.8, 4) is 0 Å². The largest absolute Gasteiger partial charge is 0.396 e. The van der Waals surface area contributed by atoms with Gasteiger partial charge in [0.15, 0.2) is 0 Å². The van der Waals surface area contributed by atoms with Gasteiger partial charge < -0.3 is 15.7 Å². The maximum atomic E-state index is 9.03. The molecule has 104 valence electrons. The lowest BCUT2D eigenvalue weighted by molar-refractivity contribution is 0.282. The van der Waals surface area contributed by atoms with Crippen LogP contribution in [0.3, 0.4) is 0 Å². The molecule has 0 bridgehead atoms. The van der Waals surface area contributed by atoms with Crippen LogP contribution in [0.4, 0.5) is 5.82 Å². The van der Waals surface area contributed by atoms with E-state index in [0.29, 0.717) is 6.04 Å². The zero-order chi connectivity index (χ0) is 13.8. The van der Waals surface area contributed by atoms with Gasteiger partial charge in [0.05, 0.1) is 0 Å². The second-order valence-corrected chi connectivity index (χ2v) is 5.12. The van der Waals surface area contributed by atoms with Crippen molar-refractivity contribution in [2.24, 2.45) is 5.73 Å². The molecule has 1 heterocycles. The molecule has 0 aliphatic heterocycles. The van der Waals surface area contributed by atoms with E-state index in [-0.39, 0.29) is 12.4 Å². The van der Waals surface area contributed by atoms with Gasteiger partial charge in [0, 0.05) is 30.5 Å². The van der Waals surface area contributed by atoms with Gasteiger partial charge in [-0.05, 0) is 44.7 Å². The molecule has 0 spiro atoms. The molecule has 1 fully saturated rings. The van der Waals surface area contributed by atoms with Crippen LogP contribution < -0.4 is 10.6 Å². The number of pyridine rings is 1. The van der Waals surface area contributed by atoms with Crippen LogP contribution in [0.5, 0.6) is 0 Å². The van der Waals surface area contributed by atoms with Crippen molar-refractivity contribution in [3.63, 3.8) is 0 Å². The summed E-state index contributed by atoms with van der Waals surface area (Å²) in [4.78, 5) is 6.81. The molecule has 0 amide bonds. The Morgan fingerprint density at radius 2 is 2.26 bits per heavy atom. The fourth-order valence-electron chi connectivity index (χ4n) is 2.38. The number of anilines is 1. The SMILES string of the molecule is Cc1cc(C(=N)N)cc(N(CCCO)C2CCC2)n1. The van der Waals surface area contributed by atoms with Gasteiger partial charge in [-0.3, -0.25) is 5.41 Å². The summed E-state index contributed by atoms with van der Waals surface area (Å²) in [6.07, 6.45) is 4.35. The minimum Gasteiger partial charge on any atom is -0.396 e. The highest BCUT2D eigenvalue weighted by Gasteiger charge is 2.26. The number of hydrogen-bond donors (Lipinski definition) is 3. The number of nitrogen functional groups attached to an aromatic ring is 1. The molecule has 5 nitrogen and oxygen atoms in total. The molecule has 1 aliphatic carbocycles. The average molecular weight is 262 g/mol. The number of aromatic nitrogens is 1. The fraction of sp³-hybridized carbons (Fsp3) is 0.571. The minimum atomic E-state index is 0.0717. The lowest BCUT2D eigenvalue weighted by Crippen LogP contribution is -2.41. The Balaban J connectivity index is 2.26. The van der Waals surface area contributed by atoms with Crippen LogP contribution in [0, 0.1) is 12.3 Å². The van der Waals surface area contributed by atoms with Crippen LogP contribution in [0.25, 0.3) is 0 Å². The third-order valence-corrected chi connectivity index (χ3v) is 3.62. The first-order valence-corrected chi connectivity index (χ1v) is 6.82. The molecule has 0 aromatic carbocycles. The van der Waals surface area contributed by atoms with Crippen LogP contribution in [-0.2, 0) is 0 Å². The molecule has 1 aromatic rings. The van der Waals surface area contributed by atoms with E-state index in [4.69, 9.17) is 16.2 Å². The highest BCUT2D eigenvalue weighted by molar-refractivity contribution is 5.95. The number of amidine groups is 1. The molecule has 2 rings (SSSR count). The van der Waals surface area contributed by atoms with Crippen LogP contribution in [0.15, 0.2) is 12.1 Å². The predicted molar refractivity (Wildman–Crippen MR) is 76.7 cm³/mol. The Labute approximate surface area is 114 Å². The topological polar surface area (TPSA) is 86.2 Å². The van der Waals surface area contributed by atoms with Gasteiger partial charge >= 0.3 is 0 Å². The van der Waals surface area contributed by atoms with Gasteiger partial charge in [0.25, 0.3) is 0 Å². The van der Waals surface area contributed by atoms with E-state index in [2.05, 4.69) is 9.88 Å². The van der Waals surface area contributed by atoms with Crippen molar-refractivity contribution in [2.75, 3.05) is 18.1 Å². The summed E-state index contributed by atoms with van der Waals surface area (Å²) in [5.41, 5.74) is 7.16. The van der Waals surface area contributed by atoms with E-state index >= 15 is 0 Å². The van der Waals surface area contributed by atoms with Crippen molar-refractivity contribution in [2.45, 2.75) is 38.6 Å². The second-order valence-electron chi connectivity index (χ2n) is 5.12. The van der Waals surface area contributed by atoms with E-state index in [1.165, 1.54) is 19.3 Å². The number of nitrogens with zero attached hydrogens (tertiary/aromatic N) is 2. The van der Waals surface area contributed by atoms with Crippen LogP contribution in [0.2, 0.25) is 0 Å². The first kappa shape index (κ1) is 13.8. The summed E-state index contributed by atoms with van der Waals surface area (Å²) in [5, 5.41) is 16.6. The lowest BCUT2D eigenvalue weighted by atomic mass is 9.91. The summed E-state index contributed by atoms with van der Waals surface area (Å²) < 4.78 is 0. The van der Waals surface area contributed by atoms with Gasteiger partial charge in [0.1, 0.15) is 11.7 Å². The molecule has 1 saturated carbocycles. The Bertz CT molecular complexity index is 457. The Hall–Kier alpha value is -1.62. The monoisotopic (exact) mass is 262 g/mol. The van der Waals surface area contributed by atoms with Crippen molar-refractivity contribution in [1.29, 1.82) is 5.41 Å². The molecule has 0 atom stereocenters. The molecule has 19 heavy (non-hydrogen) atoms. The second kappa shape index (κ2) is 6.02. The molecular formula is C14H22N4O.